The van der Waals surface area contributed by atoms with Gasteiger partial charge in [-0.3, -0.25) is 19.2 Å². The summed E-state index contributed by atoms with van der Waals surface area (Å²) in [6, 6.07) is 21.5. The van der Waals surface area contributed by atoms with Crippen LogP contribution in [0.1, 0.15) is 91.2 Å². The minimum absolute atomic E-state index is 0.243. The lowest BCUT2D eigenvalue weighted by molar-refractivity contribution is -0.142. The van der Waals surface area contributed by atoms with Gasteiger partial charge in [-0.15, -0.1) is 13.2 Å². The molecule has 15 nitrogen and oxygen atoms in total. The molecule has 0 radical (unpaired) electrons. The average Bonchev–Trinajstić information content (AvgIpc) is 3.92. The van der Waals surface area contributed by atoms with E-state index in [0.29, 0.717) is 63.0 Å². The number of nitrogens with one attached hydrogen (secondary N) is 4. The van der Waals surface area contributed by atoms with Gasteiger partial charge in [0.25, 0.3) is 0 Å². The molecule has 0 aliphatic carbocycles. The number of amides is 6. The highest BCUT2D eigenvalue weighted by atomic mass is 16.5. The smallest absolute Gasteiger partial charge is 0.407 e. The van der Waals surface area contributed by atoms with Gasteiger partial charge < -0.3 is 45.4 Å². The van der Waals surface area contributed by atoms with E-state index >= 15 is 0 Å². The van der Waals surface area contributed by atoms with Crippen LogP contribution in [0.4, 0.5) is 26.7 Å². The Morgan fingerprint density at radius 2 is 0.985 bits per heavy atom. The molecule has 2 saturated heterocycles. The van der Waals surface area contributed by atoms with Crippen LogP contribution in [0.3, 0.4) is 0 Å². The maximum Gasteiger partial charge on any atom is 0.407 e. The van der Waals surface area contributed by atoms with Gasteiger partial charge in [-0.05, 0) is 96.9 Å². The van der Waals surface area contributed by atoms with Crippen LogP contribution in [0, 0.1) is 10.8 Å². The molecular formula is C52H69N7O8. The lowest BCUT2D eigenvalue weighted by Crippen LogP contribution is -2.58. The van der Waals surface area contributed by atoms with E-state index in [2.05, 4.69) is 39.3 Å². The number of anilines is 3. The van der Waals surface area contributed by atoms with Gasteiger partial charge in [0.1, 0.15) is 24.2 Å². The van der Waals surface area contributed by atoms with Crippen LogP contribution in [0.15, 0.2) is 104 Å². The molecule has 67 heavy (non-hydrogen) atoms. The van der Waals surface area contributed by atoms with Crippen LogP contribution in [0.2, 0.25) is 0 Å². The molecule has 0 unspecified atom stereocenters. The number of carbonyl (C=O) groups is 6. The van der Waals surface area contributed by atoms with Crippen molar-refractivity contribution >= 4 is 52.9 Å². The van der Waals surface area contributed by atoms with E-state index in [4.69, 9.17) is 9.47 Å². The third-order valence-electron chi connectivity index (χ3n) is 12.4. The van der Waals surface area contributed by atoms with Crippen molar-refractivity contribution in [1.29, 1.82) is 0 Å². The summed E-state index contributed by atoms with van der Waals surface area (Å²) >= 11 is 0. The average molecular weight is 920 g/mol. The van der Waals surface area contributed by atoms with Gasteiger partial charge >= 0.3 is 12.2 Å². The maximum atomic E-state index is 14.1. The molecule has 4 N–H and O–H groups in total. The monoisotopic (exact) mass is 920 g/mol. The van der Waals surface area contributed by atoms with Gasteiger partial charge in [-0.25, -0.2) is 9.59 Å². The number of carbonyl (C=O) groups excluding carboxylic acids is 6. The highest BCUT2D eigenvalue weighted by Gasteiger charge is 2.47. The number of alkyl carbamates (subject to hydrolysis) is 2. The lowest BCUT2D eigenvalue weighted by atomic mass is 9.85. The van der Waals surface area contributed by atoms with Crippen molar-refractivity contribution in [2.75, 3.05) is 29.8 Å². The van der Waals surface area contributed by atoms with Gasteiger partial charge in [-0.1, -0.05) is 96.2 Å². The summed E-state index contributed by atoms with van der Waals surface area (Å²) in [5.41, 5.74) is 2.87. The number of ether oxygens (including phenoxy) is 2. The molecule has 2 aliphatic heterocycles. The first-order chi connectivity index (χ1) is 31.8. The molecule has 3 aromatic rings. The number of nitrogens with zero attached hydrogens (tertiary/aromatic N) is 3. The van der Waals surface area contributed by atoms with E-state index in [0.717, 1.165) is 16.8 Å². The zero-order chi connectivity index (χ0) is 49.1. The van der Waals surface area contributed by atoms with Crippen LogP contribution in [-0.4, -0.2) is 96.1 Å². The molecule has 2 heterocycles. The molecule has 3 aromatic carbocycles. The third kappa shape index (κ3) is 13.3. The standard InChI is InChI=1S/C52H69N7O8/c1-11-16-39-28-30-41(58(39)47(62)43(51(3,4)5)55-49(64)66-9)45(60)53-36-24-20-34(21-25-36)32-57(38-18-14-13-15-19-38)33-35-22-26-37(27-23-35)54-46(61)42-31-29-40(17-12-2)59(42)48(63)44(52(6,7)8)56-50(65)67-10/h11-15,18-27,39-44H,1-2,16-17,28-33H2,3-10H3,(H,53,60)(H,54,61)(H,55,64)(H,56,65)/t39-,40-,41-,42-,43+,44+/m0/s1. The second-order valence-electron chi connectivity index (χ2n) is 19.5. The van der Waals surface area contributed by atoms with Crippen molar-refractivity contribution in [2.45, 2.75) is 129 Å². The van der Waals surface area contributed by atoms with Crippen molar-refractivity contribution in [3.05, 3.63) is 115 Å². The van der Waals surface area contributed by atoms with E-state index in [1.165, 1.54) is 14.2 Å². The molecule has 2 fully saturated rings. The quantitative estimate of drug-likeness (QED) is 0.0973. The van der Waals surface area contributed by atoms with E-state index in [1.807, 2.05) is 120 Å². The predicted octanol–water partition coefficient (Wildman–Crippen LogP) is 8.18. The molecule has 0 aromatic heterocycles. The fourth-order valence-corrected chi connectivity index (χ4v) is 8.90. The number of hydrogen-bond donors (Lipinski definition) is 4. The number of benzene rings is 3. The summed E-state index contributed by atoms with van der Waals surface area (Å²) in [6.45, 7) is 20.0. The Labute approximate surface area is 395 Å². The SMILES string of the molecule is C=CC[C@H]1CC[C@@H](C(=O)Nc2ccc(CN(Cc3ccc(NC(=O)[C@@H]4CC[C@H](CC=C)N4C(=O)[C@@H](NC(=O)OC)C(C)(C)C)cc3)c3ccccc3)cc2)N1C(=O)[C@@H](NC(=O)OC)C(C)(C)C. The van der Waals surface area contributed by atoms with Gasteiger partial charge in [0.15, 0.2) is 0 Å². The predicted molar refractivity (Wildman–Crippen MR) is 261 cm³/mol. The largest absolute Gasteiger partial charge is 0.453 e. The molecule has 6 atom stereocenters. The molecule has 0 spiro atoms. The Bertz CT molecular complexity index is 2080. The minimum atomic E-state index is -0.916. The minimum Gasteiger partial charge on any atom is -0.453 e. The Kier molecular flexibility index (Phi) is 17.4. The normalized spacial score (nSPS) is 19.0. The molecule has 360 valence electrons. The molecule has 5 rings (SSSR count). The number of methoxy groups -OCH3 is 2. The van der Waals surface area contributed by atoms with E-state index in [9.17, 15) is 28.8 Å². The highest BCUT2D eigenvalue weighted by molar-refractivity contribution is 6.00. The topological polar surface area (TPSA) is 179 Å². The first kappa shape index (κ1) is 51.3. The highest BCUT2D eigenvalue weighted by Crippen LogP contribution is 2.34. The Balaban J connectivity index is 1.27. The summed E-state index contributed by atoms with van der Waals surface area (Å²) < 4.78 is 9.64. The Hall–Kier alpha value is -6.64. The van der Waals surface area contributed by atoms with Crippen LogP contribution >= 0.6 is 0 Å². The zero-order valence-electron chi connectivity index (χ0n) is 40.3. The number of rotatable bonds is 17. The van der Waals surface area contributed by atoms with Crippen molar-refractivity contribution in [3.63, 3.8) is 0 Å². The second kappa shape index (κ2) is 22.7. The van der Waals surface area contributed by atoms with Crippen molar-refractivity contribution in [2.24, 2.45) is 10.8 Å². The fraction of sp³-hybridized carbons (Fsp3) is 0.462. The zero-order valence-corrected chi connectivity index (χ0v) is 40.3. The van der Waals surface area contributed by atoms with E-state index in [1.54, 1.807) is 22.0 Å². The molecule has 0 saturated carbocycles. The summed E-state index contributed by atoms with van der Waals surface area (Å²) in [5, 5.41) is 11.4. The van der Waals surface area contributed by atoms with Crippen LogP contribution in [-0.2, 0) is 41.7 Å². The lowest BCUT2D eigenvalue weighted by Gasteiger charge is -2.37. The van der Waals surface area contributed by atoms with Crippen molar-refractivity contribution in [1.82, 2.24) is 20.4 Å². The number of likely N-dealkylation sites (tertiary alicyclic amines) is 2. The fourth-order valence-electron chi connectivity index (χ4n) is 8.90. The first-order valence-electron chi connectivity index (χ1n) is 22.9. The molecule has 15 heteroatoms. The Morgan fingerprint density at radius 3 is 1.31 bits per heavy atom. The second-order valence-corrected chi connectivity index (χ2v) is 19.5. The molecular weight excluding hydrogens is 851 g/mol. The van der Waals surface area contributed by atoms with E-state index < -0.39 is 47.2 Å². The van der Waals surface area contributed by atoms with Crippen molar-refractivity contribution < 1.29 is 38.2 Å². The van der Waals surface area contributed by atoms with Crippen LogP contribution < -0.4 is 26.2 Å². The summed E-state index contributed by atoms with van der Waals surface area (Å²) in [7, 11) is 2.49. The van der Waals surface area contributed by atoms with Gasteiger partial charge in [0.2, 0.25) is 23.6 Å². The first-order valence-corrected chi connectivity index (χ1v) is 22.9. The van der Waals surface area contributed by atoms with Crippen LogP contribution in [0.5, 0.6) is 0 Å². The van der Waals surface area contributed by atoms with Crippen molar-refractivity contribution in [3.8, 4) is 0 Å². The van der Waals surface area contributed by atoms with Crippen LogP contribution in [0.25, 0.3) is 0 Å². The summed E-state index contributed by atoms with van der Waals surface area (Å²) in [6.07, 6.45) is 5.23. The summed E-state index contributed by atoms with van der Waals surface area (Å²) in [4.78, 5) is 86.0. The third-order valence-corrected chi connectivity index (χ3v) is 12.4. The maximum absolute atomic E-state index is 14.1. The summed E-state index contributed by atoms with van der Waals surface area (Å²) in [5.74, 6) is -1.31. The molecule has 6 amide bonds. The number of para-hydroxylation sites is 1. The Morgan fingerprint density at radius 1 is 0.612 bits per heavy atom. The molecule has 2 aliphatic rings. The van der Waals surface area contributed by atoms with Gasteiger partial charge in [0, 0.05) is 42.2 Å². The number of hydrogen-bond acceptors (Lipinski definition) is 9. The van der Waals surface area contributed by atoms with Gasteiger partial charge in [0.05, 0.1) is 14.2 Å². The molecule has 0 bridgehead atoms. The van der Waals surface area contributed by atoms with E-state index in [-0.39, 0.29) is 35.7 Å². The van der Waals surface area contributed by atoms with Gasteiger partial charge in [-0.2, -0.15) is 0 Å².